The van der Waals surface area contributed by atoms with Crippen LogP contribution in [-0.4, -0.2) is 10.8 Å². The molecule has 0 amide bonds. The van der Waals surface area contributed by atoms with Crippen LogP contribution in [0.2, 0.25) is 0 Å². The summed E-state index contributed by atoms with van der Waals surface area (Å²) in [6.07, 6.45) is 2.26. The number of rotatable bonds is 2. The summed E-state index contributed by atoms with van der Waals surface area (Å²) in [6.45, 7) is 1.60. The summed E-state index contributed by atoms with van der Waals surface area (Å²) in [5, 5.41) is 1.11. The number of Topliss-reactive ketones (excluding diaryl/α,β-unsaturated/α-hetero) is 1. The molecule has 0 aliphatic heterocycles. The third kappa shape index (κ3) is 1.79. The van der Waals surface area contributed by atoms with Crippen LogP contribution in [0.1, 0.15) is 12.5 Å². The molecule has 2 aromatic rings. The van der Waals surface area contributed by atoms with Crippen molar-refractivity contribution in [1.29, 1.82) is 0 Å². The number of hydrogen-bond acceptors (Lipinski definition) is 2. The lowest BCUT2D eigenvalue weighted by Crippen LogP contribution is -1.95. The Bertz CT molecular complexity index is 476. The largest absolute Gasteiger partial charge is 0.300 e. The van der Waals surface area contributed by atoms with E-state index >= 15 is 0 Å². The summed E-state index contributed by atoms with van der Waals surface area (Å²) in [7, 11) is 0. The van der Waals surface area contributed by atoms with Crippen molar-refractivity contribution in [3.63, 3.8) is 0 Å². The van der Waals surface area contributed by atoms with Gasteiger partial charge in [-0.2, -0.15) is 0 Å². The Balaban J connectivity index is 2.46. The Morgan fingerprint density at radius 3 is 3.00 bits per heavy atom. The van der Waals surface area contributed by atoms with Crippen LogP contribution in [0, 0.1) is 0 Å². The molecule has 0 fully saturated rings. The molecular formula is C12H11NO. The zero-order chi connectivity index (χ0) is 9.97. The molecule has 2 rings (SSSR count). The first-order valence-electron chi connectivity index (χ1n) is 4.59. The van der Waals surface area contributed by atoms with Crippen molar-refractivity contribution >= 4 is 16.7 Å². The lowest BCUT2D eigenvalue weighted by molar-refractivity contribution is -0.116. The van der Waals surface area contributed by atoms with Gasteiger partial charge in [-0.15, -0.1) is 0 Å². The molecule has 0 bridgehead atoms. The van der Waals surface area contributed by atoms with Crippen molar-refractivity contribution in [2.45, 2.75) is 13.3 Å². The van der Waals surface area contributed by atoms with E-state index in [1.165, 1.54) is 0 Å². The van der Waals surface area contributed by atoms with E-state index in [4.69, 9.17) is 0 Å². The Hall–Kier alpha value is -1.70. The highest BCUT2D eigenvalue weighted by Crippen LogP contribution is 2.13. The molecule has 0 unspecified atom stereocenters. The van der Waals surface area contributed by atoms with E-state index in [-0.39, 0.29) is 5.78 Å². The van der Waals surface area contributed by atoms with Crippen LogP contribution in [0.25, 0.3) is 10.9 Å². The second-order valence-electron chi connectivity index (χ2n) is 3.41. The Morgan fingerprint density at radius 1 is 1.36 bits per heavy atom. The predicted octanol–water partition coefficient (Wildman–Crippen LogP) is 2.37. The van der Waals surface area contributed by atoms with Crippen molar-refractivity contribution in [1.82, 2.24) is 4.98 Å². The van der Waals surface area contributed by atoms with E-state index in [0.717, 1.165) is 16.5 Å². The first kappa shape index (κ1) is 8.88. The van der Waals surface area contributed by atoms with E-state index in [9.17, 15) is 4.79 Å². The first-order valence-corrected chi connectivity index (χ1v) is 4.59. The van der Waals surface area contributed by atoms with Crippen LogP contribution < -0.4 is 0 Å². The number of hydrogen-bond donors (Lipinski definition) is 0. The quantitative estimate of drug-likeness (QED) is 0.719. The second kappa shape index (κ2) is 3.58. The van der Waals surface area contributed by atoms with Gasteiger partial charge in [-0.3, -0.25) is 9.78 Å². The Morgan fingerprint density at radius 2 is 2.21 bits per heavy atom. The molecule has 0 radical (unpaired) electrons. The van der Waals surface area contributed by atoms with Gasteiger partial charge in [0.2, 0.25) is 0 Å². The molecule has 0 aliphatic carbocycles. The number of fused-ring (bicyclic) bond motifs is 1. The maximum atomic E-state index is 10.9. The molecule has 2 nitrogen and oxygen atoms in total. The van der Waals surface area contributed by atoms with E-state index in [1.807, 2.05) is 30.3 Å². The fraction of sp³-hybridized carbons (Fsp3) is 0.167. The SMILES string of the molecule is CC(=O)Cc1ccc2cccnc2c1. The number of carbonyl (C=O) groups is 1. The van der Waals surface area contributed by atoms with Gasteiger partial charge in [-0.05, 0) is 24.6 Å². The van der Waals surface area contributed by atoms with Crippen LogP contribution in [-0.2, 0) is 11.2 Å². The summed E-state index contributed by atoms with van der Waals surface area (Å²) in [4.78, 5) is 15.2. The molecule has 70 valence electrons. The molecule has 0 saturated heterocycles. The zero-order valence-corrected chi connectivity index (χ0v) is 8.03. The molecule has 1 aromatic heterocycles. The summed E-state index contributed by atoms with van der Waals surface area (Å²) < 4.78 is 0. The summed E-state index contributed by atoms with van der Waals surface area (Å²) >= 11 is 0. The smallest absolute Gasteiger partial charge is 0.134 e. The van der Waals surface area contributed by atoms with Crippen molar-refractivity contribution in [3.05, 3.63) is 42.1 Å². The third-order valence-electron chi connectivity index (χ3n) is 2.12. The summed E-state index contributed by atoms with van der Waals surface area (Å²) in [5.74, 6) is 0.181. The fourth-order valence-electron chi connectivity index (χ4n) is 1.51. The van der Waals surface area contributed by atoms with E-state index in [0.29, 0.717) is 6.42 Å². The molecule has 1 aromatic carbocycles. The van der Waals surface area contributed by atoms with Crippen LogP contribution in [0.3, 0.4) is 0 Å². The number of carbonyl (C=O) groups excluding carboxylic acids is 1. The van der Waals surface area contributed by atoms with Gasteiger partial charge in [-0.1, -0.05) is 18.2 Å². The third-order valence-corrected chi connectivity index (χ3v) is 2.12. The molecule has 0 spiro atoms. The Kier molecular flexibility index (Phi) is 2.27. The van der Waals surface area contributed by atoms with Gasteiger partial charge in [0.05, 0.1) is 5.52 Å². The van der Waals surface area contributed by atoms with E-state index in [2.05, 4.69) is 4.98 Å². The average molecular weight is 185 g/mol. The minimum absolute atomic E-state index is 0.181. The zero-order valence-electron chi connectivity index (χ0n) is 8.03. The van der Waals surface area contributed by atoms with Crippen molar-refractivity contribution in [2.75, 3.05) is 0 Å². The topological polar surface area (TPSA) is 30.0 Å². The number of pyridine rings is 1. The molecule has 0 aliphatic rings. The highest BCUT2D eigenvalue weighted by molar-refractivity contribution is 5.82. The standard InChI is InChI=1S/C12H11NO/c1-9(14)7-10-4-5-11-3-2-6-13-12(11)8-10/h2-6,8H,7H2,1H3. The maximum absolute atomic E-state index is 10.9. The van der Waals surface area contributed by atoms with Crippen LogP contribution in [0.4, 0.5) is 0 Å². The van der Waals surface area contributed by atoms with Crippen molar-refractivity contribution in [3.8, 4) is 0 Å². The van der Waals surface area contributed by atoms with Crippen molar-refractivity contribution in [2.24, 2.45) is 0 Å². The molecular weight excluding hydrogens is 174 g/mol. The van der Waals surface area contributed by atoms with Crippen LogP contribution >= 0.6 is 0 Å². The normalized spacial score (nSPS) is 10.4. The summed E-state index contributed by atoms with van der Waals surface area (Å²) in [5.41, 5.74) is 1.98. The fourth-order valence-corrected chi connectivity index (χ4v) is 1.51. The maximum Gasteiger partial charge on any atom is 0.134 e. The first-order chi connectivity index (χ1) is 6.75. The summed E-state index contributed by atoms with van der Waals surface area (Å²) in [6, 6.07) is 9.87. The van der Waals surface area contributed by atoms with Gasteiger partial charge in [0.25, 0.3) is 0 Å². The van der Waals surface area contributed by atoms with Gasteiger partial charge in [-0.25, -0.2) is 0 Å². The number of ketones is 1. The highest BCUT2D eigenvalue weighted by Gasteiger charge is 1.99. The lowest BCUT2D eigenvalue weighted by atomic mass is 10.1. The highest BCUT2D eigenvalue weighted by atomic mass is 16.1. The van der Waals surface area contributed by atoms with Crippen LogP contribution in [0.15, 0.2) is 36.5 Å². The second-order valence-corrected chi connectivity index (χ2v) is 3.41. The van der Waals surface area contributed by atoms with Gasteiger partial charge in [0.15, 0.2) is 0 Å². The van der Waals surface area contributed by atoms with E-state index < -0.39 is 0 Å². The Labute approximate surface area is 82.6 Å². The molecule has 0 saturated carbocycles. The van der Waals surface area contributed by atoms with Crippen LogP contribution in [0.5, 0.6) is 0 Å². The van der Waals surface area contributed by atoms with Gasteiger partial charge in [0, 0.05) is 18.0 Å². The molecule has 14 heavy (non-hydrogen) atoms. The molecule has 0 N–H and O–H groups in total. The molecule has 1 heterocycles. The number of aromatic nitrogens is 1. The molecule has 2 heteroatoms. The van der Waals surface area contributed by atoms with Gasteiger partial charge >= 0.3 is 0 Å². The van der Waals surface area contributed by atoms with E-state index in [1.54, 1.807) is 13.1 Å². The predicted molar refractivity (Wildman–Crippen MR) is 56.1 cm³/mol. The number of nitrogens with zero attached hydrogens (tertiary/aromatic N) is 1. The monoisotopic (exact) mass is 185 g/mol. The average Bonchev–Trinajstić information content (AvgIpc) is 2.17. The van der Waals surface area contributed by atoms with Gasteiger partial charge < -0.3 is 0 Å². The minimum Gasteiger partial charge on any atom is -0.300 e. The minimum atomic E-state index is 0.181. The number of benzene rings is 1. The van der Waals surface area contributed by atoms with Crippen molar-refractivity contribution < 1.29 is 4.79 Å². The van der Waals surface area contributed by atoms with Gasteiger partial charge in [0.1, 0.15) is 5.78 Å². The molecule has 0 atom stereocenters. The lowest BCUT2D eigenvalue weighted by Gasteiger charge is -2.00.